The molecular weight excluding hydrogens is 302 g/mol. The summed E-state index contributed by atoms with van der Waals surface area (Å²) in [6, 6.07) is 8.07. The number of amides is 1. The van der Waals surface area contributed by atoms with E-state index in [9.17, 15) is 4.79 Å². The highest BCUT2D eigenvalue weighted by Gasteiger charge is 2.22. The third-order valence-corrected chi connectivity index (χ3v) is 4.18. The monoisotopic (exact) mass is 329 g/mol. The molecule has 0 aliphatic rings. The molecule has 0 bridgehead atoms. The van der Waals surface area contributed by atoms with Crippen molar-refractivity contribution in [3.8, 4) is 5.69 Å². The number of aromatic nitrogens is 2. The molecule has 1 aromatic carbocycles. The average molecular weight is 329 g/mol. The minimum atomic E-state index is -0.127. The molecule has 130 valence electrons. The molecule has 1 amide bonds. The molecule has 0 saturated heterocycles. The first-order chi connectivity index (χ1) is 11.5. The maximum absolute atomic E-state index is 12.7. The highest BCUT2D eigenvalue weighted by Crippen LogP contribution is 2.23. The molecule has 1 atom stereocenters. The van der Waals surface area contributed by atoms with Gasteiger partial charge in [-0.15, -0.1) is 0 Å². The quantitative estimate of drug-likeness (QED) is 0.820. The Morgan fingerprint density at radius 1 is 1.29 bits per heavy atom. The molecule has 24 heavy (non-hydrogen) atoms. The highest BCUT2D eigenvalue weighted by molar-refractivity contribution is 5.95. The number of benzene rings is 1. The van der Waals surface area contributed by atoms with E-state index in [4.69, 9.17) is 5.11 Å². The normalized spacial score (nSPS) is 12.4. The summed E-state index contributed by atoms with van der Waals surface area (Å²) >= 11 is 0. The topological polar surface area (TPSA) is 67.2 Å². The minimum Gasteiger partial charge on any atom is -0.396 e. The molecule has 0 aliphatic carbocycles. The lowest BCUT2D eigenvalue weighted by molar-refractivity contribution is 0.0927. The van der Waals surface area contributed by atoms with Gasteiger partial charge >= 0.3 is 0 Å². The number of aryl methyl sites for hydroxylation is 1. The van der Waals surface area contributed by atoms with Crippen LogP contribution in [0.25, 0.3) is 5.69 Å². The molecule has 5 heteroatoms. The summed E-state index contributed by atoms with van der Waals surface area (Å²) in [6.07, 6.45) is 2.98. The summed E-state index contributed by atoms with van der Waals surface area (Å²) in [7, 11) is 0. The molecule has 2 N–H and O–H groups in total. The molecule has 0 saturated carbocycles. The van der Waals surface area contributed by atoms with Crippen LogP contribution >= 0.6 is 0 Å². The van der Waals surface area contributed by atoms with Crippen LogP contribution < -0.4 is 5.32 Å². The van der Waals surface area contributed by atoms with Gasteiger partial charge in [0.25, 0.3) is 5.91 Å². The van der Waals surface area contributed by atoms with E-state index in [1.807, 2.05) is 42.8 Å². The molecule has 2 rings (SSSR count). The molecule has 0 radical (unpaired) electrons. The van der Waals surface area contributed by atoms with Crippen LogP contribution in [0.15, 0.2) is 30.5 Å². The van der Waals surface area contributed by atoms with Gasteiger partial charge in [0.2, 0.25) is 0 Å². The Bertz CT molecular complexity index is 674. The first-order valence-electron chi connectivity index (χ1n) is 8.54. The minimum absolute atomic E-state index is 0.0229. The summed E-state index contributed by atoms with van der Waals surface area (Å²) in [5, 5.41) is 16.5. The summed E-state index contributed by atoms with van der Waals surface area (Å²) < 4.78 is 1.84. The first-order valence-corrected chi connectivity index (χ1v) is 8.54. The van der Waals surface area contributed by atoms with Crippen molar-refractivity contribution in [2.24, 2.45) is 0 Å². The largest absolute Gasteiger partial charge is 0.396 e. The van der Waals surface area contributed by atoms with Crippen molar-refractivity contribution in [3.63, 3.8) is 0 Å². The van der Waals surface area contributed by atoms with Crippen LogP contribution in [0.5, 0.6) is 0 Å². The van der Waals surface area contributed by atoms with Crippen LogP contribution in [0.4, 0.5) is 0 Å². The second kappa shape index (κ2) is 8.11. The van der Waals surface area contributed by atoms with Crippen molar-refractivity contribution in [3.05, 3.63) is 47.3 Å². The van der Waals surface area contributed by atoms with Crippen molar-refractivity contribution >= 4 is 5.91 Å². The average Bonchev–Trinajstić information content (AvgIpc) is 3.00. The third-order valence-electron chi connectivity index (χ3n) is 4.18. The van der Waals surface area contributed by atoms with Crippen LogP contribution in [-0.2, 0) is 0 Å². The lowest BCUT2D eigenvalue weighted by atomic mass is 10.0. The van der Waals surface area contributed by atoms with Crippen molar-refractivity contribution in [1.29, 1.82) is 0 Å². The highest BCUT2D eigenvalue weighted by atomic mass is 16.3. The molecule has 1 unspecified atom stereocenters. The number of aliphatic hydroxyl groups is 1. The van der Waals surface area contributed by atoms with Gasteiger partial charge in [0.15, 0.2) is 0 Å². The molecule has 5 nitrogen and oxygen atoms in total. The lowest BCUT2D eigenvalue weighted by Gasteiger charge is -2.17. The second-order valence-electron chi connectivity index (χ2n) is 6.44. The number of nitrogens with zero attached hydrogens (tertiary/aromatic N) is 2. The van der Waals surface area contributed by atoms with E-state index in [0.29, 0.717) is 12.0 Å². The Morgan fingerprint density at radius 2 is 1.96 bits per heavy atom. The van der Waals surface area contributed by atoms with Crippen LogP contribution in [-0.4, -0.2) is 33.4 Å². The van der Waals surface area contributed by atoms with E-state index in [1.165, 1.54) is 5.56 Å². The molecule has 1 aromatic heterocycles. The summed E-state index contributed by atoms with van der Waals surface area (Å²) in [5.74, 6) is 0.0323. The Hall–Kier alpha value is -2.14. The lowest BCUT2D eigenvalue weighted by Crippen LogP contribution is -2.35. The first kappa shape index (κ1) is 18.2. The number of nitrogens with one attached hydrogen (secondary N) is 1. The smallest absolute Gasteiger partial charge is 0.255 e. The van der Waals surface area contributed by atoms with E-state index in [-0.39, 0.29) is 24.5 Å². The Kier molecular flexibility index (Phi) is 6.15. The van der Waals surface area contributed by atoms with Crippen LogP contribution in [0.3, 0.4) is 0 Å². The molecular formula is C19H27N3O2. The maximum atomic E-state index is 12.7. The number of hydrogen-bond acceptors (Lipinski definition) is 3. The maximum Gasteiger partial charge on any atom is 0.255 e. The number of carbonyl (C=O) groups excluding carboxylic acids is 1. The molecule has 1 heterocycles. The second-order valence-corrected chi connectivity index (χ2v) is 6.44. The summed E-state index contributed by atoms with van der Waals surface area (Å²) in [6.45, 7) is 8.23. The van der Waals surface area contributed by atoms with Crippen LogP contribution in [0.2, 0.25) is 0 Å². The van der Waals surface area contributed by atoms with Gasteiger partial charge in [-0.1, -0.05) is 38.5 Å². The van der Waals surface area contributed by atoms with Gasteiger partial charge in [0.1, 0.15) is 0 Å². The van der Waals surface area contributed by atoms with Gasteiger partial charge in [-0.3, -0.25) is 4.79 Å². The molecule has 0 spiro atoms. The summed E-state index contributed by atoms with van der Waals surface area (Å²) in [5.41, 5.74) is 3.63. The van der Waals surface area contributed by atoms with E-state index < -0.39 is 0 Å². The molecule has 0 aliphatic heterocycles. The van der Waals surface area contributed by atoms with E-state index in [1.54, 1.807) is 6.20 Å². The van der Waals surface area contributed by atoms with Gasteiger partial charge in [0.05, 0.1) is 23.1 Å². The predicted molar refractivity (Wildman–Crippen MR) is 95.6 cm³/mol. The zero-order valence-electron chi connectivity index (χ0n) is 14.9. The molecule has 2 aromatic rings. The Balaban J connectivity index is 2.34. The Morgan fingerprint density at radius 3 is 2.50 bits per heavy atom. The van der Waals surface area contributed by atoms with Gasteiger partial charge < -0.3 is 10.4 Å². The van der Waals surface area contributed by atoms with E-state index in [0.717, 1.165) is 17.8 Å². The van der Waals surface area contributed by atoms with Crippen LogP contribution in [0.1, 0.15) is 61.1 Å². The standard InChI is InChI=1S/C19H27N3O2/c1-5-15(10-11-23)21-19(24)17-12-20-22(18(17)13(2)3)16-8-6-14(4)7-9-16/h6-9,12-13,15,23H,5,10-11H2,1-4H3,(H,21,24). The van der Waals surface area contributed by atoms with Crippen LogP contribution in [0, 0.1) is 6.92 Å². The van der Waals surface area contributed by atoms with Gasteiger partial charge in [0, 0.05) is 12.6 Å². The van der Waals surface area contributed by atoms with Gasteiger partial charge in [-0.05, 0) is 37.8 Å². The van der Waals surface area contributed by atoms with Gasteiger partial charge in [-0.2, -0.15) is 5.10 Å². The van der Waals surface area contributed by atoms with Crippen molar-refractivity contribution in [2.75, 3.05) is 6.61 Å². The van der Waals surface area contributed by atoms with E-state index in [2.05, 4.69) is 24.3 Å². The number of hydrogen-bond donors (Lipinski definition) is 2. The fourth-order valence-corrected chi connectivity index (χ4v) is 2.78. The number of carbonyl (C=O) groups is 1. The zero-order valence-corrected chi connectivity index (χ0v) is 14.9. The van der Waals surface area contributed by atoms with E-state index >= 15 is 0 Å². The SMILES string of the molecule is CCC(CCO)NC(=O)c1cnn(-c2ccc(C)cc2)c1C(C)C. The zero-order chi connectivity index (χ0) is 17.7. The number of aliphatic hydroxyl groups excluding tert-OH is 1. The Labute approximate surface area is 143 Å². The fourth-order valence-electron chi connectivity index (χ4n) is 2.78. The van der Waals surface area contributed by atoms with Gasteiger partial charge in [-0.25, -0.2) is 4.68 Å². The summed E-state index contributed by atoms with van der Waals surface area (Å²) in [4.78, 5) is 12.7. The van der Waals surface area contributed by atoms with Crippen molar-refractivity contribution in [2.45, 2.75) is 52.5 Å². The third kappa shape index (κ3) is 4.03. The molecule has 0 fully saturated rings. The van der Waals surface area contributed by atoms with Crippen molar-refractivity contribution in [1.82, 2.24) is 15.1 Å². The van der Waals surface area contributed by atoms with Crippen molar-refractivity contribution < 1.29 is 9.90 Å². The fraction of sp³-hybridized carbons (Fsp3) is 0.474. The number of rotatable bonds is 7. The predicted octanol–water partition coefficient (Wildman–Crippen LogP) is 3.19.